The number of hydrogen-bond acceptors (Lipinski definition) is 1. The van der Waals surface area contributed by atoms with Crippen LogP contribution in [0.1, 0.15) is 31.5 Å². The summed E-state index contributed by atoms with van der Waals surface area (Å²) in [6, 6.07) is 63.3. The number of para-hydroxylation sites is 6. The lowest BCUT2D eigenvalue weighted by atomic mass is 10.1. The van der Waals surface area contributed by atoms with Crippen LogP contribution in [0.2, 0.25) is 0 Å². The Hall–Kier alpha value is -6.55. The van der Waals surface area contributed by atoms with Gasteiger partial charge in [0.05, 0.1) is 38.9 Å². The highest BCUT2D eigenvalue weighted by molar-refractivity contribution is 7.75. The van der Waals surface area contributed by atoms with Crippen LogP contribution < -0.4 is 14.6 Å². The van der Waals surface area contributed by atoms with Crippen LogP contribution in [0.5, 0.6) is 0 Å². The minimum Gasteiger partial charge on any atom is -0.313 e. The van der Waals surface area contributed by atoms with E-state index in [1.807, 2.05) is 30.3 Å². The summed E-state index contributed by atoms with van der Waals surface area (Å²) >= 11 is 0. The summed E-state index contributed by atoms with van der Waals surface area (Å²) in [7, 11) is -3.59. The fourth-order valence-electron chi connectivity index (χ4n) is 8.81. The first kappa shape index (κ1) is 34.0. The van der Waals surface area contributed by atoms with Crippen molar-refractivity contribution in [3.8, 4) is 11.4 Å². The van der Waals surface area contributed by atoms with Gasteiger partial charge in [0.2, 0.25) is 0 Å². The van der Waals surface area contributed by atoms with Gasteiger partial charge in [-0.25, -0.2) is 0 Å². The van der Waals surface area contributed by atoms with E-state index in [-0.39, 0.29) is 0 Å². The standard InChI is InChI=1S/C50H41N4OP/c1-3-19-45-43(41-26-13-15-28-46(41)51(45)37-20-7-4-8-21-37)34-36(2)53-49-30-17-18-31-50(49)54(56(53,55)40-24-11-6-12-25-40)39-32-33-48-44(35-39)42-27-14-16-29-47(42)52(48)38-22-9-5-10-23-38/h4-18,20-35H,3,19H2,1-2H3/b36-34+. The fraction of sp³-hybridized carbons (Fsp3) is 0.0800. The maximum atomic E-state index is 16.7. The topological polar surface area (TPSA) is 33.4 Å². The van der Waals surface area contributed by atoms with Crippen LogP contribution in [-0.2, 0) is 11.0 Å². The molecule has 0 N–H and O–H groups in total. The minimum atomic E-state index is -3.59. The maximum Gasteiger partial charge on any atom is 0.301 e. The smallest absolute Gasteiger partial charge is 0.301 e. The largest absolute Gasteiger partial charge is 0.313 e. The molecule has 5 nitrogen and oxygen atoms in total. The molecule has 7 aromatic carbocycles. The number of rotatable bonds is 8. The van der Waals surface area contributed by atoms with Gasteiger partial charge in [0, 0.05) is 44.5 Å². The maximum absolute atomic E-state index is 16.7. The van der Waals surface area contributed by atoms with E-state index in [1.54, 1.807) is 0 Å². The van der Waals surface area contributed by atoms with E-state index in [1.165, 1.54) is 16.6 Å². The predicted octanol–water partition coefficient (Wildman–Crippen LogP) is 13.2. The van der Waals surface area contributed by atoms with Crippen LogP contribution >= 0.6 is 7.44 Å². The zero-order valence-electron chi connectivity index (χ0n) is 31.5. The third-order valence-electron chi connectivity index (χ3n) is 11.1. The molecular weight excluding hydrogens is 704 g/mol. The van der Waals surface area contributed by atoms with Crippen LogP contribution in [0.4, 0.5) is 17.1 Å². The quantitative estimate of drug-likeness (QED) is 0.145. The molecular formula is C50H41N4OP. The van der Waals surface area contributed by atoms with Gasteiger partial charge >= 0.3 is 7.44 Å². The highest BCUT2D eigenvalue weighted by Gasteiger charge is 2.49. The van der Waals surface area contributed by atoms with E-state index in [0.29, 0.717) is 0 Å². The molecule has 3 heterocycles. The summed E-state index contributed by atoms with van der Waals surface area (Å²) in [5.74, 6) is 0. The minimum absolute atomic E-state index is 0.774. The van der Waals surface area contributed by atoms with Gasteiger partial charge in [-0.3, -0.25) is 13.9 Å². The molecule has 9 aromatic rings. The Balaban J connectivity index is 1.21. The second-order valence-corrected chi connectivity index (χ2v) is 16.9. The molecule has 0 bridgehead atoms. The lowest BCUT2D eigenvalue weighted by molar-refractivity contribution is 0.581. The van der Waals surface area contributed by atoms with Crippen molar-refractivity contribution >= 4 is 68.6 Å². The molecule has 2 aromatic heterocycles. The van der Waals surface area contributed by atoms with Gasteiger partial charge in [0.15, 0.2) is 0 Å². The summed E-state index contributed by atoms with van der Waals surface area (Å²) < 4.78 is 25.7. The van der Waals surface area contributed by atoms with Crippen molar-refractivity contribution in [3.63, 3.8) is 0 Å². The Kier molecular flexibility index (Phi) is 8.27. The lowest BCUT2D eigenvalue weighted by Crippen LogP contribution is -2.28. The molecule has 56 heavy (non-hydrogen) atoms. The predicted molar refractivity (Wildman–Crippen MR) is 236 cm³/mol. The molecule has 0 radical (unpaired) electrons. The van der Waals surface area contributed by atoms with E-state index in [9.17, 15) is 0 Å². The molecule has 10 rings (SSSR count). The number of anilines is 3. The Morgan fingerprint density at radius 1 is 0.536 bits per heavy atom. The molecule has 1 atom stereocenters. The average molecular weight is 745 g/mol. The fourth-order valence-corrected chi connectivity index (χ4v) is 11.9. The number of aromatic nitrogens is 2. The molecule has 0 spiro atoms. The first-order chi connectivity index (χ1) is 27.6. The van der Waals surface area contributed by atoms with Crippen LogP contribution in [0.25, 0.3) is 50.2 Å². The van der Waals surface area contributed by atoms with Gasteiger partial charge in [-0.2, -0.15) is 0 Å². The molecule has 0 saturated carbocycles. The van der Waals surface area contributed by atoms with Gasteiger partial charge in [-0.05, 0) is 98.3 Å². The van der Waals surface area contributed by atoms with Gasteiger partial charge in [-0.15, -0.1) is 0 Å². The van der Waals surface area contributed by atoms with Crippen LogP contribution in [0.3, 0.4) is 0 Å². The van der Waals surface area contributed by atoms with Gasteiger partial charge in [-0.1, -0.05) is 116 Å². The van der Waals surface area contributed by atoms with E-state index in [4.69, 9.17) is 0 Å². The normalized spacial score (nSPS) is 15.6. The van der Waals surface area contributed by atoms with Crippen molar-refractivity contribution in [2.75, 3.05) is 9.34 Å². The summed E-state index contributed by atoms with van der Waals surface area (Å²) in [6.45, 7) is 4.36. The van der Waals surface area contributed by atoms with Crippen LogP contribution in [0.15, 0.2) is 188 Å². The first-order valence-electron chi connectivity index (χ1n) is 19.4. The molecule has 1 unspecified atom stereocenters. The Morgan fingerprint density at radius 3 is 1.75 bits per heavy atom. The van der Waals surface area contributed by atoms with Crippen LogP contribution in [-0.4, -0.2) is 9.13 Å². The molecule has 6 heteroatoms. The highest BCUT2D eigenvalue weighted by Crippen LogP contribution is 2.69. The van der Waals surface area contributed by atoms with E-state index < -0.39 is 7.44 Å². The number of nitrogens with zero attached hydrogens (tertiary/aromatic N) is 4. The average Bonchev–Trinajstić information content (AvgIpc) is 3.84. The third-order valence-corrected chi connectivity index (χ3v) is 14.1. The molecule has 1 aliphatic rings. The molecule has 0 aliphatic carbocycles. The second-order valence-electron chi connectivity index (χ2n) is 14.5. The summed E-state index contributed by atoms with van der Waals surface area (Å²) in [5.41, 5.74) is 11.7. The number of allylic oxidation sites excluding steroid dienone is 1. The summed E-state index contributed by atoms with van der Waals surface area (Å²) in [5, 5.41) is 4.22. The molecule has 272 valence electrons. The van der Waals surface area contributed by atoms with E-state index in [2.05, 4.69) is 190 Å². The molecule has 0 amide bonds. The Labute approximate surface area is 327 Å². The van der Waals surface area contributed by atoms with E-state index >= 15 is 4.57 Å². The Morgan fingerprint density at radius 2 is 1.07 bits per heavy atom. The SMILES string of the molecule is CCCc1c(/C=C(\C)N2c3ccccc3N(c3ccc4c(c3)c3ccccc3n4-c3ccccc3)P2(=O)c2ccccc2)c2ccccc2n1-c1ccccc1. The van der Waals surface area contributed by atoms with Gasteiger partial charge in [0.1, 0.15) is 0 Å². The number of benzene rings is 7. The molecule has 1 aliphatic heterocycles. The van der Waals surface area contributed by atoms with Crippen molar-refractivity contribution in [1.82, 2.24) is 9.13 Å². The number of fused-ring (bicyclic) bond motifs is 5. The van der Waals surface area contributed by atoms with Crippen molar-refractivity contribution in [1.29, 1.82) is 0 Å². The van der Waals surface area contributed by atoms with Crippen molar-refractivity contribution in [2.45, 2.75) is 26.7 Å². The third kappa shape index (κ3) is 5.19. The molecule has 0 fully saturated rings. The van der Waals surface area contributed by atoms with Crippen molar-refractivity contribution < 1.29 is 4.57 Å². The van der Waals surface area contributed by atoms with Crippen molar-refractivity contribution in [2.24, 2.45) is 0 Å². The number of hydrogen-bond donors (Lipinski definition) is 0. The second kappa shape index (κ2) is 13.6. The highest BCUT2D eigenvalue weighted by atomic mass is 31.2. The zero-order valence-corrected chi connectivity index (χ0v) is 32.4. The monoisotopic (exact) mass is 744 g/mol. The summed E-state index contributed by atoms with van der Waals surface area (Å²) in [6.07, 6.45) is 4.17. The van der Waals surface area contributed by atoms with Gasteiger partial charge < -0.3 is 9.13 Å². The van der Waals surface area contributed by atoms with E-state index in [0.717, 1.165) is 79.6 Å². The van der Waals surface area contributed by atoms with Crippen LogP contribution in [0, 0.1) is 0 Å². The van der Waals surface area contributed by atoms with Crippen molar-refractivity contribution in [3.05, 3.63) is 199 Å². The zero-order chi connectivity index (χ0) is 37.8. The summed E-state index contributed by atoms with van der Waals surface area (Å²) in [4.78, 5) is 0. The Bertz CT molecular complexity index is 2980. The van der Waals surface area contributed by atoms with Gasteiger partial charge in [0.25, 0.3) is 0 Å². The lowest BCUT2D eigenvalue weighted by Gasteiger charge is -2.33. The molecule has 0 saturated heterocycles. The first-order valence-corrected chi connectivity index (χ1v) is 21.0.